The summed E-state index contributed by atoms with van der Waals surface area (Å²) in [6.45, 7) is 7.20. The molecule has 0 aliphatic carbocycles. The minimum absolute atomic E-state index is 0.106. The van der Waals surface area contributed by atoms with Crippen LogP contribution in [-0.4, -0.2) is 51.8 Å². The van der Waals surface area contributed by atoms with E-state index in [0.29, 0.717) is 19.5 Å². The van der Waals surface area contributed by atoms with Gasteiger partial charge in [0.2, 0.25) is 5.82 Å². The minimum Gasteiger partial charge on any atom is -0.368 e. The zero-order valence-corrected chi connectivity index (χ0v) is 19.7. The Kier molecular flexibility index (Phi) is 6.12. The van der Waals surface area contributed by atoms with Crippen molar-refractivity contribution in [1.82, 2.24) is 19.7 Å². The lowest BCUT2D eigenvalue weighted by molar-refractivity contribution is 0.0734. The summed E-state index contributed by atoms with van der Waals surface area (Å²) in [6.07, 6.45) is 0.607. The van der Waals surface area contributed by atoms with Gasteiger partial charge in [0, 0.05) is 38.3 Å². The Labute approximate surface area is 200 Å². The van der Waals surface area contributed by atoms with E-state index >= 15 is 0 Å². The second-order valence-corrected chi connectivity index (χ2v) is 8.78. The highest BCUT2D eigenvalue weighted by Crippen LogP contribution is 2.26. The van der Waals surface area contributed by atoms with E-state index in [0.717, 1.165) is 30.2 Å². The highest BCUT2D eigenvalue weighted by atomic mass is 16.2. The van der Waals surface area contributed by atoms with Crippen molar-refractivity contribution in [3.05, 3.63) is 107 Å². The molecular weight excluding hydrogens is 422 g/mol. The van der Waals surface area contributed by atoms with Crippen molar-refractivity contribution in [2.75, 3.05) is 31.1 Å². The first-order valence-electron chi connectivity index (χ1n) is 11.8. The number of aryl methyl sites for hydroxylation is 2. The van der Waals surface area contributed by atoms with Gasteiger partial charge in [-0.25, -0.2) is 9.67 Å². The molecule has 0 bridgehead atoms. The van der Waals surface area contributed by atoms with E-state index in [1.54, 1.807) is 4.68 Å². The quantitative estimate of drug-likeness (QED) is 0.450. The van der Waals surface area contributed by atoms with Crippen LogP contribution in [0.4, 0.5) is 5.69 Å². The van der Waals surface area contributed by atoms with Gasteiger partial charge < -0.3 is 9.80 Å². The Morgan fingerprint density at radius 2 is 1.41 bits per heavy atom. The van der Waals surface area contributed by atoms with Crippen molar-refractivity contribution < 1.29 is 4.79 Å². The van der Waals surface area contributed by atoms with Crippen molar-refractivity contribution in [2.45, 2.75) is 20.3 Å². The Morgan fingerprint density at radius 3 is 2.06 bits per heavy atom. The molecule has 1 saturated heterocycles. The minimum atomic E-state index is -0.106. The largest absolute Gasteiger partial charge is 0.368 e. The number of rotatable bonds is 5. The molecule has 3 aromatic carbocycles. The van der Waals surface area contributed by atoms with Crippen molar-refractivity contribution >= 4 is 11.6 Å². The van der Waals surface area contributed by atoms with E-state index in [1.807, 2.05) is 53.4 Å². The second kappa shape index (κ2) is 9.51. The van der Waals surface area contributed by atoms with Crippen LogP contribution in [0.25, 0.3) is 5.69 Å². The molecule has 1 aliphatic heterocycles. The lowest BCUT2D eigenvalue weighted by Gasteiger charge is -2.37. The molecule has 34 heavy (non-hydrogen) atoms. The van der Waals surface area contributed by atoms with Gasteiger partial charge in [0.25, 0.3) is 5.91 Å². The van der Waals surface area contributed by atoms with E-state index in [1.165, 1.54) is 16.8 Å². The predicted molar refractivity (Wildman–Crippen MR) is 135 cm³/mol. The van der Waals surface area contributed by atoms with Crippen molar-refractivity contribution in [1.29, 1.82) is 0 Å². The molecule has 0 radical (unpaired) electrons. The van der Waals surface area contributed by atoms with Crippen molar-refractivity contribution in [3.8, 4) is 5.69 Å². The number of hydrogen-bond acceptors (Lipinski definition) is 4. The Hall–Kier alpha value is -3.93. The maximum Gasteiger partial charge on any atom is 0.293 e. The first kappa shape index (κ1) is 21.9. The van der Waals surface area contributed by atoms with Crippen LogP contribution < -0.4 is 4.90 Å². The van der Waals surface area contributed by atoms with Gasteiger partial charge in [-0.05, 0) is 42.7 Å². The van der Waals surface area contributed by atoms with Crippen LogP contribution in [0, 0.1) is 13.8 Å². The first-order chi connectivity index (χ1) is 16.6. The normalized spacial score (nSPS) is 13.8. The summed E-state index contributed by atoms with van der Waals surface area (Å²) in [6, 6.07) is 26.4. The molecular formula is C28H29N5O. The number of benzene rings is 3. The molecule has 4 aromatic rings. The Morgan fingerprint density at radius 1 is 0.794 bits per heavy atom. The summed E-state index contributed by atoms with van der Waals surface area (Å²) >= 11 is 0. The molecule has 1 fully saturated rings. The van der Waals surface area contributed by atoms with E-state index in [2.05, 4.69) is 54.2 Å². The lowest BCUT2D eigenvalue weighted by atomic mass is 10.1. The Bertz CT molecular complexity index is 1250. The Balaban J connectivity index is 1.37. The zero-order valence-electron chi connectivity index (χ0n) is 19.7. The van der Waals surface area contributed by atoms with Gasteiger partial charge in [0.05, 0.1) is 5.69 Å². The van der Waals surface area contributed by atoms with Crippen LogP contribution in [0.5, 0.6) is 0 Å². The smallest absolute Gasteiger partial charge is 0.293 e. The van der Waals surface area contributed by atoms with Crippen LogP contribution >= 0.6 is 0 Å². The van der Waals surface area contributed by atoms with E-state index in [-0.39, 0.29) is 11.7 Å². The molecule has 1 aromatic heterocycles. The summed E-state index contributed by atoms with van der Waals surface area (Å²) in [4.78, 5) is 22.4. The lowest BCUT2D eigenvalue weighted by Crippen LogP contribution is -2.49. The number of nitrogens with zero attached hydrogens (tertiary/aromatic N) is 5. The predicted octanol–water partition coefficient (Wildman–Crippen LogP) is 4.44. The second-order valence-electron chi connectivity index (χ2n) is 8.78. The fraction of sp³-hybridized carbons (Fsp3) is 0.250. The number of piperazine rings is 1. The molecule has 0 unspecified atom stereocenters. The summed E-state index contributed by atoms with van der Waals surface area (Å²) in [5, 5.41) is 4.66. The topological polar surface area (TPSA) is 54.3 Å². The standard InChI is InChI=1S/C28H29N5O/c1-21-10-9-11-22(2)26(21)31-16-18-32(19-17-31)28(34)27-29-25(20-23-12-5-3-6-13-23)33(30-27)24-14-7-4-8-15-24/h3-15H,16-20H2,1-2H3. The average molecular weight is 452 g/mol. The third-order valence-corrected chi connectivity index (χ3v) is 6.39. The van der Waals surface area contributed by atoms with Crippen LogP contribution in [0.2, 0.25) is 0 Å². The van der Waals surface area contributed by atoms with Crippen LogP contribution in [0.3, 0.4) is 0 Å². The summed E-state index contributed by atoms with van der Waals surface area (Å²) in [5.41, 5.74) is 5.86. The number of amides is 1. The van der Waals surface area contributed by atoms with Gasteiger partial charge in [-0.2, -0.15) is 0 Å². The number of hydrogen-bond donors (Lipinski definition) is 0. The van der Waals surface area contributed by atoms with Gasteiger partial charge in [0.15, 0.2) is 0 Å². The van der Waals surface area contributed by atoms with E-state index in [4.69, 9.17) is 4.98 Å². The van der Waals surface area contributed by atoms with Crippen LogP contribution in [0.15, 0.2) is 78.9 Å². The SMILES string of the molecule is Cc1cccc(C)c1N1CCN(C(=O)c2nc(Cc3ccccc3)n(-c3ccccc3)n2)CC1. The molecule has 0 saturated carbocycles. The molecule has 0 N–H and O–H groups in total. The summed E-state index contributed by atoms with van der Waals surface area (Å²) < 4.78 is 1.80. The van der Waals surface area contributed by atoms with Gasteiger partial charge >= 0.3 is 0 Å². The molecule has 6 heteroatoms. The third kappa shape index (κ3) is 4.44. The van der Waals surface area contributed by atoms with E-state index in [9.17, 15) is 4.79 Å². The number of carbonyl (C=O) groups excluding carboxylic acids is 1. The van der Waals surface area contributed by atoms with Crippen LogP contribution in [-0.2, 0) is 6.42 Å². The molecule has 172 valence electrons. The molecule has 5 rings (SSSR count). The van der Waals surface area contributed by atoms with Gasteiger partial charge in [0.1, 0.15) is 5.82 Å². The van der Waals surface area contributed by atoms with Gasteiger partial charge in [-0.1, -0.05) is 66.7 Å². The van der Waals surface area contributed by atoms with Crippen LogP contribution in [0.1, 0.15) is 33.1 Å². The fourth-order valence-corrected chi connectivity index (χ4v) is 4.68. The van der Waals surface area contributed by atoms with Crippen molar-refractivity contribution in [3.63, 3.8) is 0 Å². The highest BCUT2D eigenvalue weighted by Gasteiger charge is 2.27. The molecule has 6 nitrogen and oxygen atoms in total. The molecule has 0 spiro atoms. The van der Waals surface area contributed by atoms with E-state index < -0.39 is 0 Å². The zero-order chi connectivity index (χ0) is 23.5. The molecule has 0 atom stereocenters. The summed E-state index contributed by atoms with van der Waals surface area (Å²) in [5.74, 6) is 0.912. The fourth-order valence-electron chi connectivity index (χ4n) is 4.68. The first-order valence-corrected chi connectivity index (χ1v) is 11.8. The molecule has 2 heterocycles. The monoisotopic (exact) mass is 451 g/mol. The molecule has 1 aliphatic rings. The number of para-hydroxylation sites is 2. The highest BCUT2D eigenvalue weighted by molar-refractivity contribution is 5.90. The maximum absolute atomic E-state index is 13.4. The summed E-state index contributed by atoms with van der Waals surface area (Å²) in [7, 11) is 0. The van der Waals surface area contributed by atoms with Gasteiger partial charge in [-0.15, -0.1) is 5.10 Å². The number of aromatic nitrogens is 3. The average Bonchev–Trinajstić information content (AvgIpc) is 3.29. The maximum atomic E-state index is 13.4. The number of anilines is 1. The number of carbonyl (C=O) groups is 1. The van der Waals surface area contributed by atoms with Crippen molar-refractivity contribution in [2.24, 2.45) is 0 Å². The molecule has 1 amide bonds. The van der Waals surface area contributed by atoms with Gasteiger partial charge in [-0.3, -0.25) is 4.79 Å². The third-order valence-electron chi connectivity index (χ3n) is 6.39.